The molecular weight excluding hydrogens is 340 g/mol. The predicted octanol–water partition coefficient (Wildman–Crippen LogP) is 7.11. The third-order valence-electron chi connectivity index (χ3n) is 5.79. The van der Waals surface area contributed by atoms with E-state index in [4.69, 9.17) is 4.99 Å². The number of likely N-dealkylation sites (N-methyl/N-ethyl adjacent to an activating group) is 1. The summed E-state index contributed by atoms with van der Waals surface area (Å²) in [4.78, 5) is 7.23. The summed E-state index contributed by atoms with van der Waals surface area (Å²) in [6.45, 7) is 14.4. The topological polar surface area (TPSA) is 15.6 Å². The number of nitrogens with zero attached hydrogens (tertiary/aromatic N) is 2. The number of aliphatic imine (C=N–C) groups is 1. The van der Waals surface area contributed by atoms with Crippen LogP contribution < -0.4 is 4.90 Å². The van der Waals surface area contributed by atoms with Crippen molar-refractivity contribution >= 4 is 23.2 Å². The Morgan fingerprint density at radius 2 is 1.75 bits per heavy atom. The van der Waals surface area contributed by atoms with Gasteiger partial charge in [0.1, 0.15) is 0 Å². The van der Waals surface area contributed by atoms with E-state index in [-0.39, 0.29) is 5.54 Å². The lowest BCUT2D eigenvalue weighted by Gasteiger charge is -2.43. The highest BCUT2D eigenvalue weighted by molar-refractivity contribution is 5.90. The number of hydrogen-bond donors (Lipinski definition) is 0. The van der Waals surface area contributed by atoms with Crippen LogP contribution in [-0.2, 0) is 6.42 Å². The van der Waals surface area contributed by atoms with Crippen LogP contribution in [0.1, 0.15) is 69.7 Å². The fourth-order valence-corrected chi connectivity index (χ4v) is 4.24. The highest BCUT2D eigenvalue weighted by Gasteiger charge is 2.30. The number of anilines is 1. The Balaban J connectivity index is 1.88. The van der Waals surface area contributed by atoms with Gasteiger partial charge < -0.3 is 4.90 Å². The maximum absolute atomic E-state index is 4.74. The van der Waals surface area contributed by atoms with Crippen LogP contribution in [0, 0.1) is 6.92 Å². The van der Waals surface area contributed by atoms with Gasteiger partial charge in [0.05, 0.1) is 11.2 Å². The van der Waals surface area contributed by atoms with E-state index >= 15 is 0 Å². The molecule has 0 aromatic heterocycles. The fourth-order valence-electron chi connectivity index (χ4n) is 4.24. The molecule has 1 heterocycles. The standard InChI is InChI=1S/C26H34N2/c1-7-9-10-21-11-13-23(14-12-21)27-18-22-16-24-20(4)17-26(5,6)28(8-2)25(24)15-19(22)3/h11-18H,7-10H2,1-6H3. The summed E-state index contributed by atoms with van der Waals surface area (Å²) in [6, 6.07) is 13.3. The van der Waals surface area contributed by atoms with E-state index in [1.807, 2.05) is 6.21 Å². The molecule has 2 nitrogen and oxygen atoms in total. The summed E-state index contributed by atoms with van der Waals surface area (Å²) in [5.74, 6) is 0. The van der Waals surface area contributed by atoms with Crippen LogP contribution in [0.3, 0.4) is 0 Å². The highest BCUT2D eigenvalue weighted by atomic mass is 15.2. The van der Waals surface area contributed by atoms with Crippen LogP contribution in [0.25, 0.3) is 5.57 Å². The van der Waals surface area contributed by atoms with Crippen LogP contribution in [0.4, 0.5) is 11.4 Å². The Morgan fingerprint density at radius 3 is 2.39 bits per heavy atom. The van der Waals surface area contributed by atoms with Gasteiger partial charge in [-0.3, -0.25) is 4.99 Å². The Bertz CT molecular complexity index is 885. The maximum Gasteiger partial charge on any atom is 0.0630 e. The first kappa shape index (κ1) is 20.4. The molecule has 28 heavy (non-hydrogen) atoms. The SMILES string of the molecule is CCCCc1ccc(N=Cc2cc3c(cc2C)N(CC)C(C)(C)C=C3C)cc1. The van der Waals surface area contributed by atoms with Gasteiger partial charge >= 0.3 is 0 Å². The van der Waals surface area contributed by atoms with Crippen molar-refractivity contribution in [1.82, 2.24) is 0 Å². The zero-order chi connectivity index (χ0) is 20.3. The van der Waals surface area contributed by atoms with Gasteiger partial charge in [-0.15, -0.1) is 0 Å². The summed E-state index contributed by atoms with van der Waals surface area (Å²) in [5, 5.41) is 0. The molecule has 0 spiro atoms. The van der Waals surface area contributed by atoms with E-state index in [9.17, 15) is 0 Å². The second-order valence-electron chi connectivity index (χ2n) is 8.48. The third-order valence-corrected chi connectivity index (χ3v) is 5.79. The molecule has 2 aromatic carbocycles. The van der Waals surface area contributed by atoms with Crippen LogP contribution in [0.5, 0.6) is 0 Å². The first-order valence-electron chi connectivity index (χ1n) is 10.6. The molecule has 3 rings (SSSR count). The quantitative estimate of drug-likeness (QED) is 0.492. The number of allylic oxidation sites excluding steroid dienone is 1. The maximum atomic E-state index is 4.74. The molecule has 1 aliphatic heterocycles. The molecule has 0 N–H and O–H groups in total. The van der Waals surface area contributed by atoms with Crippen molar-refractivity contribution in [2.24, 2.45) is 4.99 Å². The Morgan fingerprint density at radius 1 is 1.04 bits per heavy atom. The van der Waals surface area contributed by atoms with Crippen LogP contribution in [0.2, 0.25) is 0 Å². The Kier molecular flexibility index (Phi) is 6.07. The molecule has 2 heteroatoms. The zero-order valence-corrected chi connectivity index (χ0v) is 18.3. The van der Waals surface area contributed by atoms with Gasteiger partial charge in [-0.1, -0.05) is 31.6 Å². The number of benzene rings is 2. The van der Waals surface area contributed by atoms with E-state index in [0.29, 0.717) is 0 Å². The molecule has 1 aliphatic rings. The van der Waals surface area contributed by atoms with Crippen molar-refractivity contribution in [3.05, 3.63) is 64.7 Å². The van der Waals surface area contributed by atoms with E-state index in [1.165, 1.54) is 46.4 Å². The molecule has 0 aliphatic carbocycles. The van der Waals surface area contributed by atoms with Gasteiger partial charge in [0.15, 0.2) is 0 Å². The van der Waals surface area contributed by atoms with Crippen molar-refractivity contribution in [1.29, 1.82) is 0 Å². The first-order chi connectivity index (χ1) is 13.4. The van der Waals surface area contributed by atoms with E-state index in [2.05, 4.69) is 88.9 Å². The average molecular weight is 375 g/mol. The molecule has 0 fully saturated rings. The number of hydrogen-bond acceptors (Lipinski definition) is 2. The molecule has 0 saturated heterocycles. The van der Waals surface area contributed by atoms with Gasteiger partial charge in [0.2, 0.25) is 0 Å². The van der Waals surface area contributed by atoms with Crippen molar-refractivity contribution < 1.29 is 0 Å². The summed E-state index contributed by atoms with van der Waals surface area (Å²) in [5.41, 5.74) is 8.93. The predicted molar refractivity (Wildman–Crippen MR) is 124 cm³/mol. The summed E-state index contributed by atoms with van der Waals surface area (Å²) >= 11 is 0. The molecule has 148 valence electrons. The van der Waals surface area contributed by atoms with E-state index < -0.39 is 0 Å². The van der Waals surface area contributed by atoms with E-state index in [0.717, 1.165) is 18.7 Å². The molecule has 2 aromatic rings. The lowest BCUT2D eigenvalue weighted by atomic mass is 9.87. The summed E-state index contributed by atoms with van der Waals surface area (Å²) < 4.78 is 0. The minimum absolute atomic E-state index is 0.0490. The van der Waals surface area contributed by atoms with Crippen LogP contribution in [0.15, 0.2) is 47.5 Å². The van der Waals surface area contributed by atoms with Crippen molar-refractivity contribution in [2.45, 2.75) is 66.3 Å². The van der Waals surface area contributed by atoms with Gasteiger partial charge in [-0.25, -0.2) is 0 Å². The molecule has 0 amide bonds. The highest BCUT2D eigenvalue weighted by Crippen LogP contribution is 2.39. The smallest absolute Gasteiger partial charge is 0.0630 e. The minimum atomic E-state index is 0.0490. The van der Waals surface area contributed by atoms with Gasteiger partial charge in [-0.2, -0.15) is 0 Å². The van der Waals surface area contributed by atoms with Crippen molar-refractivity contribution in [3.8, 4) is 0 Å². The molecular formula is C26H34N2. The third kappa shape index (κ3) is 4.22. The molecule has 0 unspecified atom stereocenters. The lowest BCUT2D eigenvalue weighted by molar-refractivity contribution is 0.566. The van der Waals surface area contributed by atoms with Gasteiger partial charge in [0, 0.05) is 24.0 Å². The second-order valence-corrected chi connectivity index (χ2v) is 8.48. The Labute approximate surface area is 171 Å². The van der Waals surface area contributed by atoms with Crippen LogP contribution >= 0.6 is 0 Å². The average Bonchev–Trinajstić information content (AvgIpc) is 2.65. The first-order valence-corrected chi connectivity index (χ1v) is 10.6. The van der Waals surface area contributed by atoms with Crippen molar-refractivity contribution in [2.75, 3.05) is 11.4 Å². The molecule has 0 saturated carbocycles. The summed E-state index contributed by atoms with van der Waals surface area (Å²) in [6.07, 6.45) is 8.03. The molecule has 0 radical (unpaired) electrons. The van der Waals surface area contributed by atoms with Gasteiger partial charge in [0.25, 0.3) is 0 Å². The van der Waals surface area contributed by atoms with Crippen molar-refractivity contribution in [3.63, 3.8) is 0 Å². The second kappa shape index (κ2) is 8.34. The number of fused-ring (bicyclic) bond motifs is 1. The minimum Gasteiger partial charge on any atom is -0.363 e. The normalized spacial score (nSPS) is 15.6. The van der Waals surface area contributed by atoms with E-state index in [1.54, 1.807) is 0 Å². The summed E-state index contributed by atoms with van der Waals surface area (Å²) in [7, 11) is 0. The fraction of sp³-hybridized carbons (Fsp3) is 0.423. The van der Waals surface area contributed by atoms with Gasteiger partial charge in [-0.05, 0) is 94.0 Å². The molecule has 0 bridgehead atoms. The number of unbranched alkanes of at least 4 members (excludes halogenated alkanes) is 1. The lowest BCUT2D eigenvalue weighted by Crippen LogP contribution is -2.45. The number of aryl methyl sites for hydroxylation is 2. The zero-order valence-electron chi connectivity index (χ0n) is 18.3. The number of rotatable bonds is 6. The Hall–Kier alpha value is -2.35. The largest absolute Gasteiger partial charge is 0.363 e. The molecule has 0 atom stereocenters. The monoisotopic (exact) mass is 374 g/mol. The van der Waals surface area contributed by atoms with Crippen LogP contribution in [-0.4, -0.2) is 18.3 Å².